The van der Waals surface area contributed by atoms with Crippen LogP contribution in [0.3, 0.4) is 0 Å². The van der Waals surface area contributed by atoms with E-state index >= 15 is 0 Å². The lowest BCUT2D eigenvalue weighted by atomic mass is 9.85. The molecule has 3 nitrogen and oxygen atoms in total. The van der Waals surface area contributed by atoms with Gasteiger partial charge in [0.2, 0.25) is 5.91 Å². The number of anilines is 2. The van der Waals surface area contributed by atoms with Crippen LogP contribution < -0.4 is 10.6 Å². The minimum absolute atomic E-state index is 0.00443. The van der Waals surface area contributed by atoms with Crippen LogP contribution in [-0.4, -0.2) is 12.5 Å². The van der Waals surface area contributed by atoms with Gasteiger partial charge in [-0.3, -0.25) is 4.79 Å². The lowest BCUT2D eigenvalue weighted by Gasteiger charge is -2.24. The van der Waals surface area contributed by atoms with Gasteiger partial charge in [0, 0.05) is 6.54 Å². The first-order chi connectivity index (χ1) is 7.89. The molecule has 0 saturated heterocycles. The Morgan fingerprint density at radius 2 is 2.00 bits per heavy atom. The van der Waals surface area contributed by atoms with Gasteiger partial charge < -0.3 is 10.6 Å². The molecule has 1 aliphatic rings. The summed E-state index contributed by atoms with van der Waals surface area (Å²) in [6.45, 7) is 9.09. The first-order valence-corrected chi connectivity index (χ1v) is 6.08. The van der Waals surface area contributed by atoms with Crippen molar-refractivity contribution < 1.29 is 4.79 Å². The summed E-state index contributed by atoms with van der Waals surface area (Å²) < 4.78 is 0. The maximum atomic E-state index is 11.9. The zero-order valence-corrected chi connectivity index (χ0v) is 10.9. The zero-order valence-electron chi connectivity index (χ0n) is 10.9. The molecule has 1 atom stereocenters. The van der Waals surface area contributed by atoms with Crippen LogP contribution in [0, 0.1) is 5.92 Å². The van der Waals surface area contributed by atoms with E-state index in [1.807, 2.05) is 19.1 Å². The molecule has 0 bridgehead atoms. The maximum Gasteiger partial charge on any atom is 0.229 e. The minimum Gasteiger partial charge on any atom is -0.383 e. The summed E-state index contributed by atoms with van der Waals surface area (Å²) in [5, 5.41) is 6.38. The molecule has 1 amide bonds. The molecule has 1 unspecified atom stereocenters. The molecule has 2 rings (SSSR count). The van der Waals surface area contributed by atoms with Crippen LogP contribution in [0.1, 0.15) is 33.3 Å². The molecular weight excluding hydrogens is 212 g/mol. The number of rotatable bonds is 0. The predicted molar refractivity (Wildman–Crippen MR) is 71.4 cm³/mol. The molecule has 0 fully saturated rings. The van der Waals surface area contributed by atoms with Gasteiger partial charge in [-0.15, -0.1) is 0 Å². The third kappa shape index (κ3) is 2.28. The summed E-state index contributed by atoms with van der Waals surface area (Å²) in [4.78, 5) is 11.9. The van der Waals surface area contributed by atoms with Crippen LogP contribution in [-0.2, 0) is 10.2 Å². The van der Waals surface area contributed by atoms with Gasteiger partial charge in [0.05, 0.1) is 17.3 Å². The molecule has 0 saturated carbocycles. The smallest absolute Gasteiger partial charge is 0.229 e. The number of carbonyl (C=O) groups excluding carboxylic acids is 1. The Morgan fingerprint density at radius 3 is 2.65 bits per heavy atom. The highest BCUT2D eigenvalue weighted by atomic mass is 16.1. The highest BCUT2D eigenvalue weighted by molar-refractivity contribution is 5.98. The van der Waals surface area contributed by atoms with Gasteiger partial charge >= 0.3 is 0 Å². The molecule has 2 N–H and O–H groups in total. The van der Waals surface area contributed by atoms with Crippen molar-refractivity contribution in [2.24, 2.45) is 5.92 Å². The maximum absolute atomic E-state index is 11.9. The number of fused-ring (bicyclic) bond motifs is 1. The Balaban J connectivity index is 2.51. The van der Waals surface area contributed by atoms with Crippen LogP contribution in [0.2, 0.25) is 0 Å². The first kappa shape index (κ1) is 12.0. The number of nitrogens with one attached hydrogen (secondary N) is 2. The summed E-state index contributed by atoms with van der Waals surface area (Å²) in [6, 6.07) is 6.13. The standard InChI is InChI=1S/C14H20N2O/c1-9-8-15-11-7-5-6-10(14(2,3)4)12(11)16-13(9)17/h5-7,9,15H,8H2,1-4H3,(H,16,17). The third-order valence-electron chi connectivity index (χ3n) is 3.17. The van der Waals surface area contributed by atoms with Gasteiger partial charge in [-0.25, -0.2) is 0 Å². The second-order valence-corrected chi connectivity index (χ2v) is 5.75. The summed E-state index contributed by atoms with van der Waals surface area (Å²) in [7, 11) is 0. The Bertz CT molecular complexity index is 446. The van der Waals surface area contributed by atoms with Crippen molar-refractivity contribution >= 4 is 17.3 Å². The van der Waals surface area contributed by atoms with E-state index < -0.39 is 0 Å². The van der Waals surface area contributed by atoms with E-state index in [0.29, 0.717) is 6.54 Å². The average molecular weight is 232 g/mol. The van der Waals surface area contributed by atoms with Crippen LogP contribution in [0.25, 0.3) is 0 Å². The van der Waals surface area contributed by atoms with E-state index in [-0.39, 0.29) is 17.2 Å². The fourth-order valence-electron chi connectivity index (χ4n) is 2.06. The molecule has 92 valence electrons. The summed E-state index contributed by atoms with van der Waals surface area (Å²) in [6.07, 6.45) is 0. The summed E-state index contributed by atoms with van der Waals surface area (Å²) in [5.41, 5.74) is 3.16. The van der Waals surface area contributed by atoms with E-state index in [4.69, 9.17) is 0 Å². The number of para-hydroxylation sites is 1. The molecule has 0 spiro atoms. The Hall–Kier alpha value is -1.51. The molecule has 3 heteroatoms. The normalized spacial score (nSPS) is 20.0. The van der Waals surface area contributed by atoms with Gasteiger partial charge in [-0.2, -0.15) is 0 Å². The lowest BCUT2D eigenvalue weighted by molar-refractivity contribution is -0.118. The van der Waals surface area contributed by atoms with E-state index in [0.717, 1.165) is 11.4 Å². The van der Waals surface area contributed by atoms with Crippen molar-refractivity contribution in [1.29, 1.82) is 0 Å². The Morgan fingerprint density at radius 1 is 1.29 bits per heavy atom. The van der Waals surface area contributed by atoms with Crippen LogP contribution >= 0.6 is 0 Å². The fourth-order valence-corrected chi connectivity index (χ4v) is 2.06. The molecule has 1 heterocycles. The SMILES string of the molecule is CC1CNc2cccc(C(C)(C)C)c2NC1=O. The quantitative estimate of drug-likeness (QED) is 0.722. The fraction of sp³-hybridized carbons (Fsp3) is 0.500. The molecule has 0 aromatic heterocycles. The molecular formula is C14H20N2O. The largest absolute Gasteiger partial charge is 0.383 e. The molecule has 1 aromatic carbocycles. The van der Waals surface area contributed by atoms with Crippen molar-refractivity contribution in [3.63, 3.8) is 0 Å². The second-order valence-electron chi connectivity index (χ2n) is 5.75. The molecule has 0 radical (unpaired) electrons. The zero-order chi connectivity index (χ0) is 12.6. The molecule has 0 aliphatic carbocycles. The van der Waals surface area contributed by atoms with Crippen molar-refractivity contribution in [2.45, 2.75) is 33.1 Å². The number of hydrogen-bond acceptors (Lipinski definition) is 2. The summed E-state index contributed by atoms with van der Waals surface area (Å²) in [5.74, 6) is 0.0863. The topological polar surface area (TPSA) is 41.1 Å². The van der Waals surface area contributed by atoms with Gasteiger partial charge in [-0.1, -0.05) is 39.8 Å². The van der Waals surface area contributed by atoms with Crippen LogP contribution in [0.5, 0.6) is 0 Å². The highest BCUT2D eigenvalue weighted by Gasteiger charge is 2.25. The molecule has 17 heavy (non-hydrogen) atoms. The van der Waals surface area contributed by atoms with Gasteiger partial charge in [0.15, 0.2) is 0 Å². The number of amides is 1. The van der Waals surface area contributed by atoms with Gasteiger partial charge in [0.1, 0.15) is 0 Å². The van der Waals surface area contributed by atoms with Gasteiger partial charge in [-0.05, 0) is 17.0 Å². The monoisotopic (exact) mass is 232 g/mol. The third-order valence-corrected chi connectivity index (χ3v) is 3.17. The van der Waals surface area contributed by atoms with Crippen LogP contribution in [0.15, 0.2) is 18.2 Å². The molecule has 1 aliphatic heterocycles. The van der Waals surface area contributed by atoms with Crippen molar-refractivity contribution in [1.82, 2.24) is 0 Å². The number of carbonyl (C=O) groups is 1. The Kier molecular flexibility index (Phi) is 2.86. The van der Waals surface area contributed by atoms with Gasteiger partial charge in [0.25, 0.3) is 0 Å². The second kappa shape index (κ2) is 4.06. The lowest BCUT2D eigenvalue weighted by Crippen LogP contribution is -2.23. The highest BCUT2D eigenvalue weighted by Crippen LogP contribution is 2.36. The number of hydrogen-bond donors (Lipinski definition) is 2. The number of benzene rings is 1. The minimum atomic E-state index is -0.00443. The van der Waals surface area contributed by atoms with Crippen molar-refractivity contribution in [3.05, 3.63) is 23.8 Å². The summed E-state index contributed by atoms with van der Waals surface area (Å²) >= 11 is 0. The van der Waals surface area contributed by atoms with Crippen molar-refractivity contribution in [3.8, 4) is 0 Å². The van der Waals surface area contributed by atoms with E-state index in [9.17, 15) is 4.79 Å². The van der Waals surface area contributed by atoms with E-state index in [1.54, 1.807) is 0 Å². The van der Waals surface area contributed by atoms with Crippen LogP contribution in [0.4, 0.5) is 11.4 Å². The van der Waals surface area contributed by atoms with E-state index in [2.05, 4.69) is 37.5 Å². The average Bonchev–Trinajstić information content (AvgIpc) is 2.38. The van der Waals surface area contributed by atoms with E-state index in [1.165, 1.54) is 5.56 Å². The molecule has 1 aromatic rings. The predicted octanol–water partition coefficient (Wildman–Crippen LogP) is 2.98. The Labute approximate surface area is 103 Å². The van der Waals surface area contributed by atoms with Crippen molar-refractivity contribution in [2.75, 3.05) is 17.2 Å². The first-order valence-electron chi connectivity index (χ1n) is 6.08.